The van der Waals surface area contributed by atoms with Gasteiger partial charge in [-0.15, -0.1) is 11.8 Å². The molecule has 0 heterocycles. The molecule has 0 fully saturated rings. The molecule has 0 amide bonds. The molecule has 0 aliphatic carbocycles. The summed E-state index contributed by atoms with van der Waals surface area (Å²) in [5.41, 5.74) is 1.11. The molecule has 7 nitrogen and oxygen atoms in total. The van der Waals surface area contributed by atoms with E-state index in [1.165, 1.54) is 19.2 Å². The van der Waals surface area contributed by atoms with Gasteiger partial charge in [-0.05, 0) is 43.1 Å². The number of rotatable bonds is 7. The van der Waals surface area contributed by atoms with Gasteiger partial charge in [0.05, 0.1) is 9.82 Å². The lowest BCUT2D eigenvalue weighted by Gasteiger charge is -2.20. The maximum atomic E-state index is 11.9. The van der Waals surface area contributed by atoms with Gasteiger partial charge in [0.15, 0.2) is 0 Å². The Labute approximate surface area is 151 Å². The Hall–Kier alpha value is -2.10. The van der Waals surface area contributed by atoms with Gasteiger partial charge < -0.3 is 4.90 Å². The lowest BCUT2D eigenvalue weighted by molar-refractivity contribution is -0.384. The van der Waals surface area contributed by atoms with E-state index in [9.17, 15) is 18.5 Å². The van der Waals surface area contributed by atoms with E-state index >= 15 is 0 Å². The summed E-state index contributed by atoms with van der Waals surface area (Å²) in [5, 5.41) is 11.4. The van der Waals surface area contributed by atoms with Gasteiger partial charge >= 0.3 is 0 Å². The fourth-order valence-corrected chi connectivity index (χ4v) is 3.51. The molecular formula is C16H19N3O4S2. The van der Waals surface area contributed by atoms with Gasteiger partial charge in [0.1, 0.15) is 5.69 Å². The van der Waals surface area contributed by atoms with Crippen LogP contribution in [0.15, 0.2) is 52.3 Å². The van der Waals surface area contributed by atoms with Crippen molar-refractivity contribution in [3.05, 3.63) is 58.1 Å². The van der Waals surface area contributed by atoms with Crippen molar-refractivity contribution in [1.29, 1.82) is 0 Å². The van der Waals surface area contributed by atoms with Crippen LogP contribution in [0.3, 0.4) is 0 Å². The summed E-state index contributed by atoms with van der Waals surface area (Å²) in [6.45, 7) is 0.466. The average Bonchev–Trinajstić information content (AvgIpc) is 2.61. The van der Waals surface area contributed by atoms with Crippen LogP contribution in [0.2, 0.25) is 0 Å². The van der Waals surface area contributed by atoms with E-state index in [-0.39, 0.29) is 10.6 Å². The van der Waals surface area contributed by atoms with Crippen LogP contribution in [0.4, 0.5) is 11.4 Å². The summed E-state index contributed by atoms with van der Waals surface area (Å²) in [5.74, 6) is 0. The average molecular weight is 381 g/mol. The highest BCUT2D eigenvalue weighted by atomic mass is 32.2. The minimum atomic E-state index is -3.74. The van der Waals surface area contributed by atoms with Crippen molar-refractivity contribution in [2.75, 3.05) is 25.3 Å². The Morgan fingerprint density at radius 3 is 2.36 bits per heavy atom. The van der Waals surface area contributed by atoms with Crippen LogP contribution in [0, 0.1) is 10.1 Å². The van der Waals surface area contributed by atoms with E-state index in [0.717, 1.165) is 16.5 Å². The van der Waals surface area contributed by atoms with Crippen LogP contribution in [-0.4, -0.2) is 33.7 Å². The normalized spacial score (nSPS) is 11.3. The number of nitrogens with one attached hydrogen (secondary N) is 1. The number of sulfonamides is 1. The third-order valence-electron chi connectivity index (χ3n) is 3.71. The van der Waals surface area contributed by atoms with Crippen LogP contribution < -0.4 is 9.62 Å². The Kier molecular flexibility index (Phi) is 6.04. The molecule has 0 bridgehead atoms. The summed E-state index contributed by atoms with van der Waals surface area (Å²) >= 11 is 1.64. The molecule has 9 heteroatoms. The highest BCUT2D eigenvalue weighted by molar-refractivity contribution is 7.98. The molecular weight excluding hydrogens is 362 g/mol. The fraction of sp³-hybridized carbons (Fsp3) is 0.250. The molecule has 1 N–H and O–H groups in total. The predicted octanol–water partition coefficient (Wildman–Crippen LogP) is 2.86. The number of nitro groups is 1. The number of benzene rings is 2. The van der Waals surface area contributed by atoms with Gasteiger partial charge in [-0.25, -0.2) is 13.1 Å². The van der Waals surface area contributed by atoms with Gasteiger partial charge in [0.25, 0.3) is 5.69 Å². The fourth-order valence-electron chi connectivity index (χ4n) is 2.35. The summed E-state index contributed by atoms with van der Waals surface area (Å²) < 4.78 is 25.9. The first-order chi connectivity index (χ1) is 11.8. The second kappa shape index (κ2) is 7.85. The standard InChI is InChI=1S/C16H19N3O4S2/c1-17-25(22,23)14-8-9-15(16(10-14)19(20)21)18(2)11-12-4-6-13(24-3)7-5-12/h4-10,17H,11H2,1-3H3. The summed E-state index contributed by atoms with van der Waals surface area (Å²) in [4.78, 5) is 13.5. The second-order valence-electron chi connectivity index (χ2n) is 5.32. The first-order valence-electron chi connectivity index (χ1n) is 7.34. The zero-order valence-corrected chi connectivity index (χ0v) is 15.7. The van der Waals surface area contributed by atoms with Gasteiger partial charge in [-0.3, -0.25) is 10.1 Å². The molecule has 0 saturated heterocycles. The highest BCUT2D eigenvalue weighted by Crippen LogP contribution is 2.31. The largest absolute Gasteiger partial charge is 0.365 e. The Bertz CT molecular complexity index is 867. The van der Waals surface area contributed by atoms with Crippen molar-refractivity contribution in [2.45, 2.75) is 16.3 Å². The maximum absolute atomic E-state index is 11.9. The van der Waals surface area contributed by atoms with Crippen LogP contribution in [0.1, 0.15) is 5.56 Å². The molecule has 0 aromatic heterocycles. The molecule has 0 aliphatic rings. The summed E-state index contributed by atoms with van der Waals surface area (Å²) in [6.07, 6.45) is 1.99. The van der Waals surface area contributed by atoms with E-state index in [1.807, 2.05) is 30.5 Å². The summed E-state index contributed by atoms with van der Waals surface area (Å²) in [6, 6.07) is 11.8. The van der Waals surface area contributed by atoms with E-state index in [1.54, 1.807) is 23.7 Å². The van der Waals surface area contributed by atoms with Crippen LogP contribution in [0.5, 0.6) is 0 Å². The number of hydrogen-bond acceptors (Lipinski definition) is 6. The van der Waals surface area contributed by atoms with Crippen molar-refractivity contribution in [3.8, 4) is 0 Å². The lowest BCUT2D eigenvalue weighted by atomic mass is 10.2. The molecule has 0 saturated carbocycles. The molecule has 2 aromatic rings. The highest BCUT2D eigenvalue weighted by Gasteiger charge is 2.22. The molecule has 0 aliphatic heterocycles. The molecule has 2 rings (SSSR count). The van der Waals surface area contributed by atoms with E-state index in [0.29, 0.717) is 12.2 Å². The first kappa shape index (κ1) is 19.2. The van der Waals surface area contributed by atoms with E-state index in [4.69, 9.17) is 0 Å². The molecule has 0 unspecified atom stereocenters. The lowest BCUT2D eigenvalue weighted by Crippen LogP contribution is -2.20. The third-order valence-corrected chi connectivity index (χ3v) is 5.87. The molecule has 0 spiro atoms. The zero-order valence-electron chi connectivity index (χ0n) is 14.1. The van der Waals surface area contributed by atoms with Crippen molar-refractivity contribution in [2.24, 2.45) is 0 Å². The topological polar surface area (TPSA) is 92.6 Å². The Morgan fingerprint density at radius 2 is 1.84 bits per heavy atom. The van der Waals surface area contributed by atoms with E-state index in [2.05, 4.69) is 4.72 Å². The van der Waals surface area contributed by atoms with Gasteiger partial charge in [-0.2, -0.15) is 0 Å². The Balaban J connectivity index is 2.34. The van der Waals surface area contributed by atoms with Crippen LogP contribution in [-0.2, 0) is 16.6 Å². The predicted molar refractivity (Wildman–Crippen MR) is 99.7 cm³/mol. The number of anilines is 1. The Morgan fingerprint density at radius 1 is 1.20 bits per heavy atom. The molecule has 0 atom stereocenters. The first-order valence-corrected chi connectivity index (χ1v) is 10.1. The van der Waals surface area contributed by atoms with Gasteiger partial charge in [0.2, 0.25) is 10.0 Å². The van der Waals surface area contributed by atoms with Crippen molar-refractivity contribution < 1.29 is 13.3 Å². The third kappa shape index (κ3) is 4.50. The maximum Gasteiger partial charge on any atom is 0.293 e. The second-order valence-corrected chi connectivity index (χ2v) is 8.09. The molecule has 0 radical (unpaired) electrons. The van der Waals surface area contributed by atoms with Crippen molar-refractivity contribution in [3.63, 3.8) is 0 Å². The molecule has 25 heavy (non-hydrogen) atoms. The number of thioether (sulfide) groups is 1. The number of nitrogens with zero attached hydrogens (tertiary/aromatic N) is 2. The zero-order chi connectivity index (χ0) is 18.6. The number of hydrogen-bond donors (Lipinski definition) is 1. The minimum Gasteiger partial charge on any atom is -0.365 e. The molecule has 134 valence electrons. The van der Waals surface area contributed by atoms with Crippen molar-refractivity contribution >= 4 is 33.2 Å². The van der Waals surface area contributed by atoms with E-state index < -0.39 is 14.9 Å². The van der Waals surface area contributed by atoms with Gasteiger partial charge in [0, 0.05) is 24.6 Å². The SMILES string of the molecule is CNS(=O)(=O)c1ccc(N(C)Cc2ccc(SC)cc2)c([N+](=O)[O-])c1. The summed E-state index contributed by atoms with van der Waals surface area (Å²) in [7, 11) is -0.742. The minimum absolute atomic E-state index is 0.136. The van der Waals surface area contributed by atoms with Crippen LogP contribution in [0.25, 0.3) is 0 Å². The van der Waals surface area contributed by atoms with Crippen molar-refractivity contribution in [1.82, 2.24) is 4.72 Å². The smallest absolute Gasteiger partial charge is 0.293 e. The quantitative estimate of drug-likeness (QED) is 0.450. The van der Waals surface area contributed by atoms with Gasteiger partial charge in [-0.1, -0.05) is 12.1 Å². The monoisotopic (exact) mass is 381 g/mol. The van der Waals surface area contributed by atoms with Crippen LogP contribution >= 0.6 is 11.8 Å². The number of nitro benzene ring substituents is 1. The molecule has 2 aromatic carbocycles.